The maximum Gasteiger partial charge on any atom is 0.508 e. The molecule has 3 atom stereocenters. The number of likely N-dealkylation sites (tertiary alicyclic amines) is 1. The van der Waals surface area contributed by atoms with Crippen molar-refractivity contribution in [2.45, 2.75) is 182 Å². The Morgan fingerprint density at radius 3 is 1.94 bits per heavy atom. The van der Waals surface area contributed by atoms with Gasteiger partial charge in [-0.05, 0) is 96.1 Å². The molecular formula is C45H83NO7. The molecular weight excluding hydrogens is 666 g/mol. The van der Waals surface area contributed by atoms with Gasteiger partial charge in [-0.2, -0.15) is 0 Å². The molecule has 0 radical (unpaired) electrons. The van der Waals surface area contributed by atoms with Gasteiger partial charge in [0.25, 0.3) is 0 Å². The molecule has 1 rings (SSSR count). The molecule has 0 spiro atoms. The molecule has 1 heterocycles. The Bertz CT molecular complexity index is 885. The summed E-state index contributed by atoms with van der Waals surface area (Å²) in [4.78, 5) is 28.2. The standard InChI is InChI=1S/C45H83NO7/c1-6-11-15-18-20-23-34-49-44(50-35-24-21-19-16-12-7-2)32-31-43(47)51-38-42(30-29-40(26-14-9-4)27-22-17-13-8-3)39-53-45(48)52-37-41-28-25-33-46(10-5)36-41/h11-12,15-16,40-42,44H,6-10,13-14,17-39H2,1-5H3/b15-11-,16-12-. The summed E-state index contributed by atoms with van der Waals surface area (Å²) >= 11 is 0. The Kier molecular flexibility index (Phi) is 33.2. The summed E-state index contributed by atoms with van der Waals surface area (Å²) in [7, 11) is 0. The molecule has 0 amide bonds. The second-order valence-corrected chi connectivity index (χ2v) is 15.2. The molecule has 53 heavy (non-hydrogen) atoms. The van der Waals surface area contributed by atoms with Crippen LogP contribution in [0, 0.1) is 17.8 Å². The maximum absolute atomic E-state index is 13.1. The fraction of sp³-hybridized carbons (Fsp3) is 0.867. The van der Waals surface area contributed by atoms with Crippen molar-refractivity contribution in [3.8, 4) is 0 Å². The Hall–Kier alpha value is -1.90. The average Bonchev–Trinajstić information content (AvgIpc) is 3.17. The van der Waals surface area contributed by atoms with E-state index in [4.69, 9.17) is 23.7 Å². The van der Waals surface area contributed by atoms with Crippen LogP contribution in [0.1, 0.15) is 176 Å². The molecule has 8 heteroatoms. The number of allylic oxidation sites excluding steroid dienone is 4. The Labute approximate surface area is 326 Å². The molecule has 0 N–H and O–H groups in total. The van der Waals surface area contributed by atoms with E-state index in [9.17, 15) is 9.59 Å². The third-order valence-electron chi connectivity index (χ3n) is 10.3. The van der Waals surface area contributed by atoms with Crippen LogP contribution in [-0.4, -0.2) is 76.0 Å². The summed E-state index contributed by atoms with van der Waals surface area (Å²) in [5.74, 6) is 0.667. The van der Waals surface area contributed by atoms with Crippen LogP contribution >= 0.6 is 0 Å². The van der Waals surface area contributed by atoms with Gasteiger partial charge in [-0.1, -0.05) is 110 Å². The second kappa shape index (κ2) is 35.8. The Morgan fingerprint density at radius 1 is 0.660 bits per heavy atom. The van der Waals surface area contributed by atoms with Gasteiger partial charge in [0, 0.05) is 38.0 Å². The lowest BCUT2D eigenvalue weighted by Gasteiger charge is -2.31. The summed E-state index contributed by atoms with van der Waals surface area (Å²) in [5.41, 5.74) is 0. The van der Waals surface area contributed by atoms with Crippen molar-refractivity contribution in [1.29, 1.82) is 0 Å². The van der Waals surface area contributed by atoms with Gasteiger partial charge in [0.15, 0.2) is 6.29 Å². The maximum atomic E-state index is 13.1. The molecule has 0 aromatic carbocycles. The number of nitrogens with zero attached hydrogens (tertiary/aromatic N) is 1. The summed E-state index contributed by atoms with van der Waals surface area (Å²) in [6, 6.07) is 0. The highest BCUT2D eigenvalue weighted by Crippen LogP contribution is 2.25. The third kappa shape index (κ3) is 29.1. The average molecular weight is 750 g/mol. The van der Waals surface area contributed by atoms with Gasteiger partial charge in [0.1, 0.15) is 6.61 Å². The Balaban J connectivity index is 2.71. The summed E-state index contributed by atoms with van der Waals surface area (Å²) in [6.07, 6.45) is 30.9. The first kappa shape index (κ1) is 49.1. The van der Waals surface area contributed by atoms with Gasteiger partial charge in [0.05, 0.1) is 19.6 Å². The summed E-state index contributed by atoms with van der Waals surface area (Å²) < 4.78 is 29.3. The lowest BCUT2D eigenvalue weighted by Crippen LogP contribution is -2.37. The van der Waals surface area contributed by atoms with Crippen molar-refractivity contribution in [2.75, 3.05) is 52.7 Å². The molecule has 1 aliphatic heterocycles. The van der Waals surface area contributed by atoms with Crippen LogP contribution in [-0.2, 0) is 28.5 Å². The molecule has 1 fully saturated rings. The molecule has 0 saturated carbocycles. The molecule has 1 saturated heterocycles. The molecule has 1 aliphatic rings. The van der Waals surface area contributed by atoms with Crippen LogP contribution in [0.25, 0.3) is 0 Å². The highest BCUT2D eigenvalue weighted by molar-refractivity contribution is 5.69. The SMILES string of the molecule is CC/C=C\CCCCOC(CCC(=O)OCC(CCC(CCCC)CCCCCC)COC(=O)OCC1CCCN(CC)C1)OCCCC/C=C\CC. The van der Waals surface area contributed by atoms with Gasteiger partial charge in [0.2, 0.25) is 0 Å². The van der Waals surface area contributed by atoms with Crippen molar-refractivity contribution in [3.63, 3.8) is 0 Å². The number of carbonyl (C=O) groups excluding carboxylic acids is 2. The van der Waals surface area contributed by atoms with E-state index in [0.29, 0.717) is 38.1 Å². The van der Waals surface area contributed by atoms with E-state index in [1.165, 1.54) is 51.4 Å². The van der Waals surface area contributed by atoms with Crippen molar-refractivity contribution < 1.29 is 33.3 Å². The van der Waals surface area contributed by atoms with E-state index in [2.05, 4.69) is 63.8 Å². The van der Waals surface area contributed by atoms with Crippen molar-refractivity contribution in [3.05, 3.63) is 24.3 Å². The Morgan fingerprint density at radius 2 is 1.30 bits per heavy atom. The fourth-order valence-corrected chi connectivity index (χ4v) is 6.92. The van der Waals surface area contributed by atoms with Gasteiger partial charge in [-0.15, -0.1) is 0 Å². The topological polar surface area (TPSA) is 83.5 Å². The van der Waals surface area contributed by atoms with Crippen LogP contribution in [0.2, 0.25) is 0 Å². The quantitative estimate of drug-likeness (QED) is 0.0274. The molecule has 8 nitrogen and oxygen atoms in total. The van der Waals surface area contributed by atoms with Crippen molar-refractivity contribution >= 4 is 12.1 Å². The van der Waals surface area contributed by atoms with Crippen LogP contribution in [0.15, 0.2) is 24.3 Å². The first-order valence-electron chi connectivity index (χ1n) is 22.2. The molecule has 0 aromatic rings. The number of ether oxygens (including phenoxy) is 5. The summed E-state index contributed by atoms with van der Waals surface area (Å²) in [5, 5.41) is 0. The fourth-order valence-electron chi connectivity index (χ4n) is 6.92. The van der Waals surface area contributed by atoms with Crippen molar-refractivity contribution in [1.82, 2.24) is 4.90 Å². The number of rotatable bonds is 35. The number of hydrogen-bond acceptors (Lipinski definition) is 8. The smallest absolute Gasteiger partial charge is 0.465 e. The number of unbranched alkanes of at least 4 members (excludes halogenated alkanes) is 8. The van der Waals surface area contributed by atoms with E-state index < -0.39 is 12.4 Å². The molecule has 0 aliphatic carbocycles. The summed E-state index contributed by atoms with van der Waals surface area (Å²) in [6.45, 7) is 16.1. The van der Waals surface area contributed by atoms with Crippen LogP contribution < -0.4 is 0 Å². The van der Waals surface area contributed by atoms with Gasteiger partial charge in [-0.25, -0.2) is 4.79 Å². The number of carbonyl (C=O) groups is 2. The van der Waals surface area contributed by atoms with E-state index in [1.54, 1.807) is 0 Å². The highest BCUT2D eigenvalue weighted by Gasteiger charge is 2.23. The normalized spacial score (nSPS) is 16.5. The zero-order valence-corrected chi connectivity index (χ0v) is 35.1. The lowest BCUT2D eigenvalue weighted by atomic mass is 9.88. The van der Waals surface area contributed by atoms with Crippen LogP contribution in [0.4, 0.5) is 4.79 Å². The minimum absolute atomic E-state index is 0.0663. The molecule has 0 aromatic heterocycles. The minimum Gasteiger partial charge on any atom is -0.465 e. The lowest BCUT2D eigenvalue weighted by molar-refractivity contribution is -0.160. The molecule has 3 unspecified atom stereocenters. The molecule has 0 bridgehead atoms. The number of esters is 1. The largest absolute Gasteiger partial charge is 0.508 e. The monoisotopic (exact) mass is 750 g/mol. The van der Waals surface area contributed by atoms with Gasteiger partial charge >= 0.3 is 12.1 Å². The zero-order chi connectivity index (χ0) is 38.6. The first-order chi connectivity index (χ1) is 25.9. The van der Waals surface area contributed by atoms with Gasteiger partial charge in [-0.3, -0.25) is 4.79 Å². The highest BCUT2D eigenvalue weighted by atomic mass is 16.7. The van der Waals surface area contributed by atoms with E-state index >= 15 is 0 Å². The van der Waals surface area contributed by atoms with E-state index in [0.717, 1.165) is 96.7 Å². The van der Waals surface area contributed by atoms with Crippen molar-refractivity contribution in [2.24, 2.45) is 17.8 Å². The number of hydrogen-bond donors (Lipinski definition) is 0. The van der Waals surface area contributed by atoms with Crippen LogP contribution in [0.5, 0.6) is 0 Å². The zero-order valence-electron chi connectivity index (χ0n) is 35.1. The van der Waals surface area contributed by atoms with E-state index in [-0.39, 0.29) is 31.5 Å². The third-order valence-corrected chi connectivity index (χ3v) is 10.3. The minimum atomic E-state index is -0.614. The van der Waals surface area contributed by atoms with Crippen LogP contribution in [0.3, 0.4) is 0 Å². The first-order valence-corrected chi connectivity index (χ1v) is 22.2. The second-order valence-electron chi connectivity index (χ2n) is 15.2. The number of piperidine rings is 1. The van der Waals surface area contributed by atoms with Gasteiger partial charge < -0.3 is 28.6 Å². The predicted molar refractivity (Wildman–Crippen MR) is 219 cm³/mol. The predicted octanol–water partition coefficient (Wildman–Crippen LogP) is 12.0. The molecule has 310 valence electrons. The van der Waals surface area contributed by atoms with E-state index in [1.807, 2.05) is 0 Å².